The monoisotopic (exact) mass is 616 g/mol. The summed E-state index contributed by atoms with van der Waals surface area (Å²) in [5.74, 6) is 0.912. The summed E-state index contributed by atoms with van der Waals surface area (Å²) in [4.78, 5) is 11.8. The maximum Gasteiger partial charge on any atom is 0.140 e. The molecule has 1 aromatic carbocycles. The Balaban J connectivity index is 0.000000385. The third-order valence-electron chi connectivity index (χ3n) is 6.96. The zero-order valence-corrected chi connectivity index (χ0v) is 29.9. The zero-order valence-electron chi connectivity index (χ0n) is 27.7. The smallest absolute Gasteiger partial charge is 0.140 e. The van der Waals surface area contributed by atoms with Crippen molar-refractivity contribution in [3.05, 3.63) is 75.5 Å². The number of rotatable bonds is 6. The second-order valence-electron chi connectivity index (χ2n) is 13.5. The molecule has 0 saturated carbocycles. The summed E-state index contributed by atoms with van der Waals surface area (Å²) >= 11 is 1.67. The molecule has 4 nitrogen and oxygen atoms in total. The Morgan fingerprint density at radius 2 is 1.46 bits per heavy atom. The van der Waals surface area contributed by atoms with E-state index in [9.17, 15) is 0 Å². The fraction of sp³-hybridized carbons (Fsp3) is 0.600. The van der Waals surface area contributed by atoms with Crippen molar-refractivity contribution in [2.45, 2.75) is 118 Å². The third kappa shape index (κ3) is 13.0. The van der Waals surface area contributed by atoms with Crippen molar-refractivity contribution >= 4 is 11.3 Å². The first-order valence-electron chi connectivity index (χ1n) is 15.1. The van der Waals surface area contributed by atoms with Gasteiger partial charge in [0.15, 0.2) is 0 Å². The van der Waals surface area contributed by atoms with Crippen LogP contribution in [0.3, 0.4) is 0 Å². The summed E-state index contributed by atoms with van der Waals surface area (Å²) in [6, 6.07) is 12.8. The molecule has 227 valence electrons. The van der Waals surface area contributed by atoms with Crippen molar-refractivity contribution < 1.29 is 23.3 Å². The molecule has 0 N–H and O–H groups in total. The maximum absolute atomic E-state index is 5.90. The van der Waals surface area contributed by atoms with Gasteiger partial charge in [0, 0.05) is 54.2 Å². The van der Waals surface area contributed by atoms with E-state index in [1.807, 2.05) is 26.1 Å². The van der Waals surface area contributed by atoms with Gasteiger partial charge in [-0.15, -0.1) is 11.3 Å². The maximum atomic E-state index is 5.90. The van der Waals surface area contributed by atoms with E-state index in [0.717, 1.165) is 22.9 Å². The van der Waals surface area contributed by atoms with Gasteiger partial charge in [0.05, 0.1) is 5.69 Å². The van der Waals surface area contributed by atoms with Gasteiger partial charge in [0.25, 0.3) is 0 Å². The molecule has 4 rings (SSSR count). The van der Waals surface area contributed by atoms with Crippen LogP contribution in [0.15, 0.2) is 48.0 Å². The number of likely N-dealkylation sites (tertiary alicyclic amines) is 1. The number of thiazole rings is 1. The predicted octanol–water partition coefficient (Wildman–Crippen LogP) is 9.36. The molecule has 3 aromatic rings. The Labute approximate surface area is 267 Å². The molecule has 0 bridgehead atoms. The van der Waals surface area contributed by atoms with E-state index in [1.165, 1.54) is 49.3 Å². The Morgan fingerprint density at radius 3 is 1.98 bits per heavy atom. The summed E-state index contributed by atoms with van der Waals surface area (Å²) in [5.41, 5.74) is 5.41. The Morgan fingerprint density at radius 1 is 0.829 bits per heavy atom. The fourth-order valence-corrected chi connectivity index (χ4v) is 5.15. The Hall–Kier alpha value is -1.66. The molecule has 1 radical (unpaired) electrons. The van der Waals surface area contributed by atoms with E-state index in [4.69, 9.17) is 4.74 Å². The second-order valence-corrected chi connectivity index (χ2v) is 14.5. The van der Waals surface area contributed by atoms with Crippen molar-refractivity contribution in [1.29, 1.82) is 0 Å². The molecular formula is C35H55N3OSV. The van der Waals surface area contributed by atoms with E-state index in [0.29, 0.717) is 6.61 Å². The van der Waals surface area contributed by atoms with E-state index in [-0.39, 0.29) is 34.8 Å². The van der Waals surface area contributed by atoms with Gasteiger partial charge in [-0.25, -0.2) is 4.98 Å². The molecule has 0 aliphatic carbocycles. The number of pyridine rings is 1. The van der Waals surface area contributed by atoms with Crippen molar-refractivity contribution in [2.24, 2.45) is 0 Å². The van der Waals surface area contributed by atoms with Crippen LogP contribution in [-0.4, -0.2) is 34.5 Å². The molecule has 0 unspecified atom stereocenters. The van der Waals surface area contributed by atoms with E-state index >= 15 is 0 Å². The first kappa shape index (κ1) is 37.4. The standard InChI is InChI=1S/C18H25NOS.C15H24N2.C2H6.V/c1-17(2,3)13-8-7-9-14(10-13)20-11-16-19-15(12-21-16)18(4,5)6;1-15(2,3)13-6-7-14(16-12-13)8-11-17-9-4-5-10-17;1-2;/h7-10,12H,11H2,1-6H3;6-7,12H,4-5,8-11H2,1-3H3;1-2H3;. The molecule has 1 aliphatic heterocycles. The van der Waals surface area contributed by atoms with Gasteiger partial charge in [-0.1, -0.05) is 94.4 Å². The van der Waals surface area contributed by atoms with Crippen molar-refractivity contribution in [2.75, 3.05) is 19.6 Å². The van der Waals surface area contributed by atoms with Crippen LogP contribution in [0.5, 0.6) is 5.75 Å². The molecule has 1 fully saturated rings. The molecular weight excluding hydrogens is 561 g/mol. The quantitative estimate of drug-likeness (QED) is 0.277. The minimum Gasteiger partial charge on any atom is -0.486 e. The number of nitrogens with zero attached hydrogens (tertiary/aromatic N) is 3. The topological polar surface area (TPSA) is 38.2 Å². The molecule has 1 saturated heterocycles. The molecule has 6 heteroatoms. The summed E-state index contributed by atoms with van der Waals surface area (Å²) in [6.45, 7) is 28.1. The largest absolute Gasteiger partial charge is 0.486 e. The minimum absolute atomic E-state index is 0. The summed E-state index contributed by atoms with van der Waals surface area (Å²) in [7, 11) is 0. The second kappa shape index (κ2) is 16.8. The molecule has 0 atom stereocenters. The van der Waals surface area contributed by atoms with Gasteiger partial charge < -0.3 is 9.64 Å². The Kier molecular flexibility index (Phi) is 15.4. The third-order valence-corrected chi connectivity index (χ3v) is 7.78. The van der Waals surface area contributed by atoms with Crippen LogP contribution in [0.25, 0.3) is 0 Å². The number of hydrogen-bond acceptors (Lipinski definition) is 5. The molecule has 41 heavy (non-hydrogen) atoms. The first-order chi connectivity index (χ1) is 18.7. The first-order valence-corrected chi connectivity index (χ1v) is 16.0. The Bertz CT molecular complexity index is 1130. The number of hydrogen-bond donors (Lipinski definition) is 0. The normalized spacial score (nSPS) is 13.8. The minimum atomic E-state index is 0. The van der Waals surface area contributed by atoms with Crippen LogP contribution < -0.4 is 4.74 Å². The van der Waals surface area contributed by atoms with E-state index in [1.54, 1.807) is 11.3 Å². The van der Waals surface area contributed by atoms with Gasteiger partial charge in [0.2, 0.25) is 0 Å². The fourth-order valence-electron chi connectivity index (χ4n) is 4.21. The number of benzene rings is 1. The zero-order chi connectivity index (χ0) is 30.0. The van der Waals surface area contributed by atoms with Gasteiger partial charge in [0.1, 0.15) is 17.4 Å². The van der Waals surface area contributed by atoms with Crippen LogP contribution in [0, 0.1) is 0 Å². The average Bonchev–Trinajstić information content (AvgIpc) is 3.60. The number of aromatic nitrogens is 2. The summed E-state index contributed by atoms with van der Waals surface area (Å²) in [5, 5.41) is 3.16. The molecule has 2 aromatic heterocycles. The van der Waals surface area contributed by atoms with Gasteiger partial charge in [-0.05, 0) is 66.1 Å². The van der Waals surface area contributed by atoms with Gasteiger partial charge in [-0.3, -0.25) is 4.98 Å². The molecule has 1 aliphatic rings. The van der Waals surface area contributed by atoms with E-state index in [2.05, 4.69) is 113 Å². The van der Waals surface area contributed by atoms with Gasteiger partial charge >= 0.3 is 0 Å². The number of ether oxygens (including phenoxy) is 1. The molecule has 0 spiro atoms. The van der Waals surface area contributed by atoms with Crippen LogP contribution in [0.2, 0.25) is 0 Å². The van der Waals surface area contributed by atoms with E-state index < -0.39 is 0 Å². The average molecular weight is 617 g/mol. The van der Waals surface area contributed by atoms with Crippen molar-refractivity contribution in [3.8, 4) is 5.75 Å². The summed E-state index contributed by atoms with van der Waals surface area (Å²) in [6.07, 6.45) is 5.87. The predicted molar refractivity (Wildman–Crippen MR) is 174 cm³/mol. The van der Waals surface area contributed by atoms with Crippen molar-refractivity contribution in [1.82, 2.24) is 14.9 Å². The molecule has 0 amide bonds. The summed E-state index contributed by atoms with van der Waals surface area (Å²) < 4.78 is 5.90. The molecule has 3 heterocycles. The SMILES string of the molecule is CC.CC(C)(C)c1ccc(CCN2CCCC2)nc1.CC(C)(C)c1cccc(OCc2nc(C(C)(C)C)cs2)c1.[V]. The van der Waals surface area contributed by atoms with Crippen molar-refractivity contribution in [3.63, 3.8) is 0 Å². The van der Waals surface area contributed by atoms with Crippen LogP contribution in [-0.2, 0) is 47.8 Å². The van der Waals surface area contributed by atoms with Crippen LogP contribution in [0.4, 0.5) is 0 Å². The van der Waals surface area contributed by atoms with Crippen LogP contribution >= 0.6 is 11.3 Å². The van der Waals surface area contributed by atoms with Gasteiger partial charge in [-0.2, -0.15) is 0 Å². The van der Waals surface area contributed by atoms with Crippen LogP contribution in [0.1, 0.15) is 117 Å².